The van der Waals surface area contributed by atoms with E-state index in [9.17, 15) is 10.2 Å². The number of methoxy groups -OCH3 is 2. The molecule has 0 aromatic heterocycles. The van der Waals surface area contributed by atoms with E-state index in [1.165, 1.54) is 14.2 Å². The van der Waals surface area contributed by atoms with Crippen LogP contribution >= 0.6 is 0 Å². The van der Waals surface area contributed by atoms with Gasteiger partial charge in [-0.3, -0.25) is 9.59 Å². The number of ether oxygens (including phenoxy) is 2. The van der Waals surface area contributed by atoms with Gasteiger partial charge in [0, 0.05) is 19.2 Å². The molecule has 150 valence electrons. The smallest absolute Gasteiger partial charge is 0.300 e. The molecule has 0 saturated heterocycles. The van der Waals surface area contributed by atoms with Gasteiger partial charge in [0.15, 0.2) is 11.5 Å². The van der Waals surface area contributed by atoms with E-state index >= 15 is 0 Å². The molecular formula is C20H22O8. The first kappa shape index (κ1) is 22.4. The van der Waals surface area contributed by atoms with Crippen LogP contribution < -0.4 is 9.47 Å². The summed E-state index contributed by atoms with van der Waals surface area (Å²) in [7, 11) is 3.02. The van der Waals surface area contributed by atoms with Crippen molar-refractivity contribution < 1.29 is 39.5 Å². The van der Waals surface area contributed by atoms with E-state index < -0.39 is 11.9 Å². The van der Waals surface area contributed by atoms with Crippen LogP contribution in [0.25, 0.3) is 21.5 Å². The van der Waals surface area contributed by atoms with Crippen molar-refractivity contribution >= 4 is 33.5 Å². The molecule has 8 nitrogen and oxygen atoms in total. The van der Waals surface area contributed by atoms with E-state index in [2.05, 4.69) is 0 Å². The SMILES string of the molecule is CC(=O)O.CC(=O)O.COc1c(O)cc2ccc3cc(O)ccc3c2c1OC. The van der Waals surface area contributed by atoms with Gasteiger partial charge in [0.1, 0.15) is 5.75 Å². The molecule has 0 radical (unpaired) electrons. The third-order valence-corrected chi connectivity index (χ3v) is 3.40. The normalized spacial score (nSPS) is 9.57. The van der Waals surface area contributed by atoms with Crippen molar-refractivity contribution in [2.24, 2.45) is 0 Å². The van der Waals surface area contributed by atoms with Gasteiger partial charge >= 0.3 is 0 Å². The van der Waals surface area contributed by atoms with Gasteiger partial charge in [0.05, 0.1) is 14.2 Å². The summed E-state index contributed by atoms with van der Waals surface area (Å²) in [6, 6.07) is 10.5. The van der Waals surface area contributed by atoms with Crippen molar-refractivity contribution in [2.75, 3.05) is 14.2 Å². The second-order valence-electron chi connectivity index (χ2n) is 5.57. The Morgan fingerprint density at radius 3 is 1.79 bits per heavy atom. The highest BCUT2D eigenvalue weighted by atomic mass is 16.5. The predicted octanol–water partition coefficient (Wildman–Crippen LogP) is 3.60. The van der Waals surface area contributed by atoms with E-state index in [1.54, 1.807) is 18.2 Å². The second-order valence-corrected chi connectivity index (χ2v) is 5.57. The Bertz CT molecular complexity index is 975. The van der Waals surface area contributed by atoms with Gasteiger partial charge < -0.3 is 29.9 Å². The van der Waals surface area contributed by atoms with Crippen LogP contribution in [0.5, 0.6) is 23.0 Å². The Hall–Kier alpha value is -3.68. The summed E-state index contributed by atoms with van der Waals surface area (Å²) < 4.78 is 10.6. The van der Waals surface area contributed by atoms with Crippen molar-refractivity contribution in [2.45, 2.75) is 13.8 Å². The molecule has 0 saturated carbocycles. The first-order valence-electron chi connectivity index (χ1n) is 8.00. The molecule has 3 rings (SSSR count). The fraction of sp³-hybridized carbons (Fsp3) is 0.200. The number of hydrogen-bond acceptors (Lipinski definition) is 6. The van der Waals surface area contributed by atoms with Crippen molar-refractivity contribution in [3.63, 3.8) is 0 Å². The molecule has 0 atom stereocenters. The highest BCUT2D eigenvalue weighted by Gasteiger charge is 2.16. The van der Waals surface area contributed by atoms with E-state index in [1.807, 2.05) is 18.2 Å². The lowest BCUT2D eigenvalue weighted by atomic mass is 10.00. The van der Waals surface area contributed by atoms with Gasteiger partial charge in [0.2, 0.25) is 5.75 Å². The van der Waals surface area contributed by atoms with Gasteiger partial charge in [-0.1, -0.05) is 12.1 Å². The number of aromatic hydroxyl groups is 2. The standard InChI is InChI=1S/C16H14O4.2C2H4O2/c1-19-15-13(18)8-10-4-3-9-7-11(17)5-6-12(9)14(10)16(15)20-2;2*1-2(3)4/h3-8,17-18H,1-2H3;2*1H3,(H,3,4). The zero-order valence-corrected chi connectivity index (χ0v) is 15.9. The largest absolute Gasteiger partial charge is 0.508 e. The molecule has 0 fully saturated rings. The maximum Gasteiger partial charge on any atom is 0.300 e. The number of rotatable bonds is 2. The van der Waals surface area contributed by atoms with Crippen molar-refractivity contribution in [1.29, 1.82) is 0 Å². The summed E-state index contributed by atoms with van der Waals surface area (Å²) in [5, 5.41) is 37.9. The number of phenols is 2. The maximum absolute atomic E-state index is 9.99. The van der Waals surface area contributed by atoms with Crippen molar-refractivity contribution in [3.05, 3.63) is 36.4 Å². The molecule has 0 unspecified atom stereocenters. The minimum Gasteiger partial charge on any atom is -0.508 e. The quantitative estimate of drug-likeness (QED) is 0.488. The van der Waals surface area contributed by atoms with Gasteiger partial charge in [-0.25, -0.2) is 0 Å². The fourth-order valence-electron chi connectivity index (χ4n) is 2.54. The maximum atomic E-state index is 9.99. The van der Waals surface area contributed by atoms with Crippen LogP contribution in [0.4, 0.5) is 0 Å². The number of carboxylic acids is 2. The molecule has 0 aliphatic heterocycles. The Labute approximate surface area is 161 Å². The summed E-state index contributed by atoms with van der Waals surface area (Å²) in [5.41, 5.74) is 0. The summed E-state index contributed by atoms with van der Waals surface area (Å²) >= 11 is 0. The molecule has 0 spiro atoms. The molecule has 0 heterocycles. The van der Waals surface area contributed by atoms with Crippen LogP contribution in [-0.2, 0) is 9.59 Å². The monoisotopic (exact) mass is 390 g/mol. The van der Waals surface area contributed by atoms with E-state index in [0.29, 0.717) is 11.5 Å². The first-order chi connectivity index (χ1) is 13.1. The van der Waals surface area contributed by atoms with E-state index in [4.69, 9.17) is 29.3 Å². The Kier molecular flexibility index (Phi) is 7.88. The number of benzene rings is 3. The summed E-state index contributed by atoms with van der Waals surface area (Å²) in [6.07, 6.45) is 0. The molecule has 3 aromatic carbocycles. The van der Waals surface area contributed by atoms with Crippen LogP contribution in [-0.4, -0.2) is 46.6 Å². The Morgan fingerprint density at radius 1 is 0.786 bits per heavy atom. The molecule has 0 aliphatic carbocycles. The highest BCUT2D eigenvalue weighted by Crippen LogP contribution is 2.45. The Morgan fingerprint density at radius 2 is 1.29 bits per heavy atom. The third-order valence-electron chi connectivity index (χ3n) is 3.40. The molecule has 0 bridgehead atoms. The molecule has 0 aliphatic rings. The topological polar surface area (TPSA) is 134 Å². The van der Waals surface area contributed by atoms with Gasteiger partial charge in [-0.2, -0.15) is 0 Å². The number of fused-ring (bicyclic) bond motifs is 3. The molecule has 3 aromatic rings. The zero-order valence-electron chi connectivity index (χ0n) is 15.9. The molecule has 28 heavy (non-hydrogen) atoms. The second kappa shape index (κ2) is 9.86. The zero-order chi connectivity index (χ0) is 21.4. The summed E-state index contributed by atoms with van der Waals surface area (Å²) in [5.74, 6) is -0.629. The average Bonchev–Trinajstić information content (AvgIpc) is 2.59. The number of aliphatic carboxylic acids is 2. The van der Waals surface area contributed by atoms with Gasteiger partial charge in [-0.15, -0.1) is 0 Å². The number of carboxylic acid groups (broad SMARTS) is 2. The molecule has 8 heteroatoms. The number of carbonyl (C=O) groups is 2. The highest BCUT2D eigenvalue weighted by molar-refractivity contribution is 6.12. The molecule has 0 amide bonds. The lowest BCUT2D eigenvalue weighted by molar-refractivity contribution is -0.135. The Balaban J connectivity index is 0.000000420. The summed E-state index contributed by atoms with van der Waals surface area (Å²) in [4.78, 5) is 18.0. The lowest BCUT2D eigenvalue weighted by Gasteiger charge is -2.14. The van der Waals surface area contributed by atoms with E-state index in [0.717, 1.165) is 35.4 Å². The molecule has 4 N–H and O–H groups in total. The first-order valence-corrected chi connectivity index (χ1v) is 8.00. The van der Waals surface area contributed by atoms with Crippen LogP contribution in [0.3, 0.4) is 0 Å². The van der Waals surface area contributed by atoms with Crippen LogP contribution in [0.2, 0.25) is 0 Å². The van der Waals surface area contributed by atoms with E-state index in [-0.39, 0.29) is 11.5 Å². The van der Waals surface area contributed by atoms with Crippen molar-refractivity contribution in [1.82, 2.24) is 0 Å². The lowest BCUT2D eigenvalue weighted by Crippen LogP contribution is -1.93. The van der Waals surface area contributed by atoms with Crippen LogP contribution in [0, 0.1) is 0 Å². The predicted molar refractivity (Wildman–Crippen MR) is 105 cm³/mol. The fourth-order valence-corrected chi connectivity index (χ4v) is 2.54. The summed E-state index contributed by atoms with van der Waals surface area (Å²) in [6.45, 7) is 2.17. The van der Waals surface area contributed by atoms with Gasteiger partial charge in [-0.05, 0) is 40.4 Å². The average molecular weight is 390 g/mol. The third kappa shape index (κ3) is 5.66. The molecular weight excluding hydrogens is 368 g/mol. The number of hydrogen-bond donors (Lipinski definition) is 4. The number of phenolic OH excluding ortho intramolecular Hbond substituents is 2. The van der Waals surface area contributed by atoms with Gasteiger partial charge in [0.25, 0.3) is 11.9 Å². The van der Waals surface area contributed by atoms with Crippen molar-refractivity contribution in [3.8, 4) is 23.0 Å². The minimum absolute atomic E-state index is 0.0370. The van der Waals surface area contributed by atoms with Crippen LogP contribution in [0.1, 0.15) is 13.8 Å². The minimum atomic E-state index is -0.833. The van der Waals surface area contributed by atoms with Crippen LogP contribution in [0.15, 0.2) is 36.4 Å².